The van der Waals surface area contributed by atoms with Crippen LogP contribution in [-0.2, 0) is 6.42 Å². The van der Waals surface area contributed by atoms with Gasteiger partial charge >= 0.3 is 0 Å². The second-order valence-electron chi connectivity index (χ2n) is 5.63. The molecule has 0 aromatic heterocycles. The van der Waals surface area contributed by atoms with Crippen LogP contribution >= 0.6 is 0 Å². The molecule has 1 aliphatic carbocycles. The maximum atomic E-state index is 13.1. The summed E-state index contributed by atoms with van der Waals surface area (Å²) in [6, 6.07) is 5.03. The van der Waals surface area contributed by atoms with Crippen molar-refractivity contribution in [3.63, 3.8) is 0 Å². The summed E-state index contributed by atoms with van der Waals surface area (Å²) in [4.78, 5) is 0. The zero-order valence-corrected chi connectivity index (χ0v) is 10.8. The Bertz CT molecular complexity index is 402. The van der Waals surface area contributed by atoms with Crippen molar-refractivity contribution >= 4 is 0 Å². The van der Waals surface area contributed by atoms with E-state index in [1.807, 2.05) is 13.0 Å². The molecule has 1 nitrogen and oxygen atoms in total. The van der Waals surface area contributed by atoms with Gasteiger partial charge in [-0.25, -0.2) is 4.39 Å². The van der Waals surface area contributed by atoms with Gasteiger partial charge in [-0.2, -0.15) is 0 Å². The SMILES string of the molecule is Cc1cc(F)ccc1CC1(N)CCCCC1C. The van der Waals surface area contributed by atoms with Crippen molar-refractivity contribution in [1.82, 2.24) is 0 Å². The molecule has 1 fully saturated rings. The van der Waals surface area contributed by atoms with Gasteiger partial charge in [0.1, 0.15) is 5.82 Å². The van der Waals surface area contributed by atoms with Crippen molar-refractivity contribution < 1.29 is 4.39 Å². The molecule has 0 amide bonds. The Balaban J connectivity index is 2.19. The second kappa shape index (κ2) is 4.77. The van der Waals surface area contributed by atoms with Crippen LogP contribution in [0, 0.1) is 18.7 Å². The Hall–Kier alpha value is -0.890. The van der Waals surface area contributed by atoms with E-state index < -0.39 is 0 Å². The molecule has 1 aliphatic rings. The minimum absolute atomic E-state index is 0.0964. The highest BCUT2D eigenvalue weighted by Crippen LogP contribution is 2.34. The molecule has 17 heavy (non-hydrogen) atoms. The highest BCUT2D eigenvalue weighted by atomic mass is 19.1. The number of halogens is 1. The minimum Gasteiger partial charge on any atom is -0.325 e. The maximum Gasteiger partial charge on any atom is 0.123 e. The van der Waals surface area contributed by atoms with Crippen molar-refractivity contribution in [1.29, 1.82) is 0 Å². The van der Waals surface area contributed by atoms with Gasteiger partial charge in [0.2, 0.25) is 0 Å². The topological polar surface area (TPSA) is 26.0 Å². The average molecular weight is 235 g/mol. The maximum absolute atomic E-state index is 13.1. The molecule has 0 aliphatic heterocycles. The van der Waals surface area contributed by atoms with Crippen LogP contribution < -0.4 is 5.73 Å². The molecular formula is C15H22FN. The zero-order chi connectivity index (χ0) is 12.5. The highest BCUT2D eigenvalue weighted by Gasteiger charge is 2.34. The van der Waals surface area contributed by atoms with Gasteiger partial charge in [0.25, 0.3) is 0 Å². The molecule has 2 atom stereocenters. The van der Waals surface area contributed by atoms with E-state index >= 15 is 0 Å². The summed E-state index contributed by atoms with van der Waals surface area (Å²) < 4.78 is 13.1. The van der Waals surface area contributed by atoms with Crippen LogP contribution in [0.15, 0.2) is 18.2 Å². The molecule has 1 saturated carbocycles. The van der Waals surface area contributed by atoms with Gasteiger partial charge in [0.05, 0.1) is 0 Å². The molecule has 0 bridgehead atoms. The Kier molecular flexibility index (Phi) is 3.53. The largest absolute Gasteiger partial charge is 0.325 e. The van der Waals surface area contributed by atoms with Crippen LogP contribution in [0.5, 0.6) is 0 Å². The summed E-state index contributed by atoms with van der Waals surface area (Å²) >= 11 is 0. The van der Waals surface area contributed by atoms with E-state index in [9.17, 15) is 4.39 Å². The number of rotatable bonds is 2. The first-order valence-electron chi connectivity index (χ1n) is 6.55. The molecule has 0 spiro atoms. The quantitative estimate of drug-likeness (QED) is 0.833. The van der Waals surface area contributed by atoms with Gasteiger partial charge in [-0.05, 0) is 55.4 Å². The smallest absolute Gasteiger partial charge is 0.123 e. The van der Waals surface area contributed by atoms with Crippen LogP contribution in [0.2, 0.25) is 0 Å². The Morgan fingerprint density at radius 3 is 2.82 bits per heavy atom. The summed E-state index contributed by atoms with van der Waals surface area (Å²) in [6.45, 7) is 4.22. The highest BCUT2D eigenvalue weighted by molar-refractivity contribution is 5.28. The van der Waals surface area contributed by atoms with Gasteiger partial charge in [0, 0.05) is 5.54 Å². The molecule has 0 radical (unpaired) electrons. The molecular weight excluding hydrogens is 213 g/mol. The van der Waals surface area contributed by atoms with Gasteiger partial charge < -0.3 is 5.73 Å². The predicted molar refractivity (Wildman–Crippen MR) is 69.4 cm³/mol. The first kappa shape index (κ1) is 12.6. The first-order valence-corrected chi connectivity index (χ1v) is 6.55. The number of hydrogen-bond donors (Lipinski definition) is 1. The second-order valence-corrected chi connectivity index (χ2v) is 5.63. The predicted octanol–water partition coefficient (Wildman–Crippen LogP) is 3.58. The monoisotopic (exact) mass is 235 g/mol. The summed E-state index contributed by atoms with van der Waals surface area (Å²) in [6.07, 6.45) is 5.70. The molecule has 1 aromatic carbocycles. The van der Waals surface area contributed by atoms with Crippen molar-refractivity contribution in [3.8, 4) is 0 Å². The van der Waals surface area contributed by atoms with E-state index in [2.05, 4.69) is 6.92 Å². The third-order valence-electron chi connectivity index (χ3n) is 4.34. The van der Waals surface area contributed by atoms with E-state index in [0.717, 1.165) is 18.4 Å². The van der Waals surface area contributed by atoms with Crippen LogP contribution in [-0.4, -0.2) is 5.54 Å². The summed E-state index contributed by atoms with van der Waals surface area (Å²) in [5, 5.41) is 0. The van der Waals surface area contributed by atoms with Gasteiger partial charge in [-0.3, -0.25) is 0 Å². The van der Waals surface area contributed by atoms with Crippen molar-refractivity contribution in [3.05, 3.63) is 35.1 Å². The third-order valence-corrected chi connectivity index (χ3v) is 4.34. The van der Waals surface area contributed by atoms with Gasteiger partial charge in [-0.1, -0.05) is 25.8 Å². The number of aryl methyl sites for hydroxylation is 1. The third kappa shape index (κ3) is 2.68. The van der Waals surface area contributed by atoms with Gasteiger partial charge in [0.15, 0.2) is 0 Å². The van der Waals surface area contributed by atoms with Crippen molar-refractivity contribution in [2.75, 3.05) is 0 Å². The fourth-order valence-electron chi connectivity index (χ4n) is 2.91. The molecule has 1 aromatic rings. The van der Waals surface area contributed by atoms with E-state index in [4.69, 9.17) is 5.73 Å². The van der Waals surface area contributed by atoms with E-state index in [-0.39, 0.29) is 11.4 Å². The first-order chi connectivity index (χ1) is 8.01. The molecule has 2 unspecified atom stereocenters. The molecule has 0 heterocycles. The lowest BCUT2D eigenvalue weighted by atomic mass is 9.71. The average Bonchev–Trinajstić information content (AvgIpc) is 2.27. The summed E-state index contributed by atoms with van der Waals surface area (Å²) in [5.41, 5.74) is 8.67. The summed E-state index contributed by atoms with van der Waals surface area (Å²) in [5.74, 6) is 0.398. The molecule has 2 heteroatoms. The van der Waals surface area contributed by atoms with Crippen molar-refractivity contribution in [2.45, 2.75) is 51.5 Å². The standard InChI is InChI=1S/C15H22FN/c1-11-9-14(16)7-6-13(11)10-15(17)8-4-3-5-12(15)2/h6-7,9,12H,3-5,8,10,17H2,1-2H3. The molecule has 94 valence electrons. The van der Waals surface area contributed by atoms with Crippen LogP contribution in [0.4, 0.5) is 4.39 Å². The lowest BCUT2D eigenvalue weighted by Crippen LogP contribution is -2.50. The number of nitrogens with two attached hydrogens (primary N) is 1. The fourth-order valence-corrected chi connectivity index (χ4v) is 2.91. The Morgan fingerprint density at radius 1 is 1.41 bits per heavy atom. The normalized spacial score (nSPS) is 29.3. The fraction of sp³-hybridized carbons (Fsp3) is 0.600. The molecule has 2 N–H and O–H groups in total. The lowest BCUT2D eigenvalue weighted by molar-refractivity contribution is 0.203. The van der Waals surface area contributed by atoms with Crippen molar-refractivity contribution in [2.24, 2.45) is 11.7 Å². The minimum atomic E-state index is -0.158. The molecule has 2 rings (SSSR count). The van der Waals surface area contributed by atoms with Crippen LogP contribution in [0.1, 0.15) is 43.7 Å². The Labute approximate surface area is 103 Å². The van der Waals surface area contributed by atoms with E-state index in [1.165, 1.54) is 24.8 Å². The van der Waals surface area contributed by atoms with Gasteiger partial charge in [-0.15, -0.1) is 0 Å². The summed E-state index contributed by atoms with van der Waals surface area (Å²) in [7, 11) is 0. The number of benzene rings is 1. The molecule has 0 saturated heterocycles. The number of hydrogen-bond acceptors (Lipinski definition) is 1. The van der Waals surface area contributed by atoms with Crippen LogP contribution in [0.25, 0.3) is 0 Å². The zero-order valence-electron chi connectivity index (χ0n) is 10.8. The lowest BCUT2D eigenvalue weighted by Gasteiger charge is -2.40. The van der Waals surface area contributed by atoms with E-state index in [0.29, 0.717) is 5.92 Å². The Morgan fingerprint density at radius 2 is 2.18 bits per heavy atom. The van der Waals surface area contributed by atoms with Crippen LogP contribution in [0.3, 0.4) is 0 Å². The van der Waals surface area contributed by atoms with E-state index in [1.54, 1.807) is 12.1 Å².